The Morgan fingerprint density at radius 1 is 1.08 bits per heavy atom. The van der Waals surface area contributed by atoms with Gasteiger partial charge in [-0.15, -0.1) is 0 Å². The van der Waals surface area contributed by atoms with Gasteiger partial charge in [-0.05, 0) is 36.8 Å². The molecule has 0 saturated heterocycles. The van der Waals surface area contributed by atoms with Crippen LogP contribution in [0.1, 0.15) is 40.5 Å². The highest BCUT2D eigenvalue weighted by molar-refractivity contribution is 6.09. The summed E-state index contributed by atoms with van der Waals surface area (Å²) < 4.78 is 6.98. The van der Waals surface area contributed by atoms with Crippen LogP contribution in [0, 0.1) is 0 Å². The number of carbonyl (C=O) groups is 2. The number of hydrogen-bond acceptors (Lipinski definition) is 3. The molecular weight excluding hydrogens is 318 g/mol. The maximum Gasteiger partial charge on any atom is 0.337 e. The molecule has 5 nitrogen and oxygen atoms in total. The average molecular weight is 337 g/mol. The monoisotopic (exact) mass is 337 g/mol. The van der Waals surface area contributed by atoms with E-state index in [2.05, 4.69) is 6.92 Å². The van der Waals surface area contributed by atoms with Gasteiger partial charge in [0, 0.05) is 17.1 Å². The van der Waals surface area contributed by atoms with Gasteiger partial charge in [-0.3, -0.25) is 9.36 Å². The third-order valence-corrected chi connectivity index (χ3v) is 4.03. The largest absolute Gasteiger partial charge is 0.494 e. The molecule has 128 valence electrons. The molecule has 0 fully saturated rings. The average Bonchev–Trinajstić information content (AvgIpc) is 3.02. The Kier molecular flexibility index (Phi) is 4.84. The smallest absolute Gasteiger partial charge is 0.337 e. The van der Waals surface area contributed by atoms with E-state index in [9.17, 15) is 14.7 Å². The summed E-state index contributed by atoms with van der Waals surface area (Å²) in [6, 6.07) is 13.9. The SMILES string of the molecule is CCCCOc1ccc(C(=O)n2cc(C(=O)O)c3ccccc32)cc1. The molecule has 0 atom stereocenters. The molecule has 25 heavy (non-hydrogen) atoms. The van der Waals surface area contributed by atoms with Crippen LogP contribution in [-0.2, 0) is 0 Å². The summed E-state index contributed by atoms with van der Waals surface area (Å²) in [5.74, 6) is -0.611. The Labute approximate surface area is 145 Å². The Balaban J connectivity index is 1.91. The van der Waals surface area contributed by atoms with E-state index in [0.29, 0.717) is 28.8 Å². The molecule has 3 rings (SSSR count). The standard InChI is InChI=1S/C20H19NO4/c1-2-3-12-25-15-10-8-14(9-11-15)19(22)21-13-17(20(23)24)16-6-4-5-7-18(16)21/h4-11,13H,2-3,12H2,1H3,(H,23,24). The third kappa shape index (κ3) is 3.40. The second-order valence-electron chi connectivity index (χ2n) is 5.77. The zero-order valence-electron chi connectivity index (χ0n) is 13.9. The molecule has 5 heteroatoms. The Morgan fingerprint density at radius 3 is 2.48 bits per heavy atom. The van der Waals surface area contributed by atoms with Crippen molar-refractivity contribution in [3.63, 3.8) is 0 Å². The van der Waals surface area contributed by atoms with E-state index in [1.54, 1.807) is 48.5 Å². The van der Waals surface area contributed by atoms with Crippen molar-refractivity contribution < 1.29 is 19.4 Å². The van der Waals surface area contributed by atoms with Crippen molar-refractivity contribution in [1.29, 1.82) is 0 Å². The molecule has 0 spiro atoms. The number of carboxylic acids is 1. The summed E-state index contributed by atoms with van der Waals surface area (Å²) in [7, 11) is 0. The zero-order valence-corrected chi connectivity index (χ0v) is 13.9. The van der Waals surface area contributed by atoms with Crippen LogP contribution >= 0.6 is 0 Å². The molecule has 2 aromatic carbocycles. The van der Waals surface area contributed by atoms with Gasteiger partial charge in [-0.2, -0.15) is 0 Å². The van der Waals surface area contributed by atoms with Crippen molar-refractivity contribution >= 4 is 22.8 Å². The topological polar surface area (TPSA) is 68.5 Å². The lowest BCUT2D eigenvalue weighted by Gasteiger charge is -2.07. The molecule has 0 unspecified atom stereocenters. The molecule has 0 bridgehead atoms. The van der Waals surface area contributed by atoms with Gasteiger partial charge in [-0.25, -0.2) is 4.79 Å². The second-order valence-corrected chi connectivity index (χ2v) is 5.77. The lowest BCUT2D eigenvalue weighted by atomic mass is 10.2. The summed E-state index contributed by atoms with van der Waals surface area (Å²) in [6.07, 6.45) is 3.41. The predicted octanol–water partition coefficient (Wildman–Crippen LogP) is 4.21. The van der Waals surface area contributed by atoms with Crippen molar-refractivity contribution in [2.45, 2.75) is 19.8 Å². The minimum atomic E-state index is -1.05. The van der Waals surface area contributed by atoms with Crippen molar-refractivity contribution in [3.8, 4) is 5.75 Å². The lowest BCUT2D eigenvalue weighted by Crippen LogP contribution is -2.11. The van der Waals surface area contributed by atoms with Gasteiger partial charge in [0.1, 0.15) is 5.75 Å². The van der Waals surface area contributed by atoms with Crippen molar-refractivity contribution in [2.75, 3.05) is 6.61 Å². The number of carboxylic acid groups (broad SMARTS) is 1. The van der Waals surface area contributed by atoms with Gasteiger partial charge in [0.2, 0.25) is 0 Å². The van der Waals surface area contributed by atoms with Crippen LogP contribution in [0.4, 0.5) is 0 Å². The number of fused-ring (bicyclic) bond motifs is 1. The molecule has 0 aliphatic heterocycles. The molecule has 1 aromatic heterocycles. The Bertz CT molecular complexity index is 909. The number of para-hydroxylation sites is 1. The molecule has 1 heterocycles. The Hall–Kier alpha value is -3.08. The molecule has 0 amide bonds. The summed E-state index contributed by atoms with van der Waals surface area (Å²) in [5, 5.41) is 9.89. The van der Waals surface area contributed by atoms with Crippen LogP contribution in [-0.4, -0.2) is 28.2 Å². The number of rotatable bonds is 6. The predicted molar refractivity (Wildman–Crippen MR) is 95.5 cm³/mol. The fourth-order valence-corrected chi connectivity index (χ4v) is 2.69. The summed E-state index contributed by atoms with van der Waals surface area (Å²) >= 11 is 0. The fourth-order valence-electron chi connectivity index (χ4n) is 2.69. The third-order valence-electron chi connectivity index (χ3n) is 4.03. The number of benzene rings is 2. The van der Waals surface area contributed by atoms with E-state index in [1.165, 1.54) is 10.8 Å². The molecule has 1 N–H and O–H groups in total. The lowest BCUT2D eigenvalue weighted by molar-refractivity contribution is 0.0699. The van der Waals surface area contributed by atoms with E-state index < -0.39 is 5.97 Å². The highest BCUT2D eigenvalue weighted by Crippen LogP contribution is 2.23. The van der Waals surface area contributed by atoms with Crippen LogP contribution in [0.15, 0.2) is 54.7 Å². The molecule has 0 aliphatic carbocycles. The van der Waals surface area contributed by atoms with E-state index in [-0.39, 0.29) is 11.5 Å². The Morgan fingerprint density at radius 2 is 1.80 bits per heavy atom. The molecule has 0 radical (unpaired) electrons. The number of nitrogens with zero attached hydrogens (tertiary/aromatic N) is 1. The zero-order chi connectivity index (χ0) is 17.8. The minimum Gasteiger partial charge on any atom is -0.494 e. The van der Waals surface area contributed by atoms with Crippen LogP contribution < -0.4 is 4.74 Å². The fraction of sp³-hybridized carbons (Fsp3) is 0.200. The maximum absolute atomic E-state index is 12.8. The number of carbonyl (C=O) groups excluding carboxylic acids is 1. The first kappa shape index (κ1) is 16.8. The van der Waals surface area contributed by atoms with Crippen molar-refractivity contribution in [3.05, 3.63) is 65.9 Å². The number of ether oxygens (including phenoxy) is 1. The maximum atomic E-state index is 12.8. The first-order valence-electron chi connectivity index (χ1n) is 8.22. The van der Waals surface area contributed by atoms with Gasteiger partial charge in [0.25, 0.3) is 5.91 Å². The summed E-state index contributed by atoms with van der Waals surface area (Å²) in [4.78, 5) is 24.2. The second kappa shape index (κ2) is 7.21. The first-order chi connectivity index (χ1) is 12.1. The quantitative estimate of drug-likeness (QED) is 0.684. The van der Waals surface area contributed by atoms with Crippen LogP contribution in [0.3, 0.4) is 0 Å². The van der Waals surface area contributed by atoms with Gasteiger partial charge < -0.3 is 9.84 Å². The summed E-state index contributed by atoms with van der Waals surface area (Å²) in [6.45, 7) is 2.74. The van der Waals surface area contributed by atoms with E-state index in [1.807, 2.05) is 0 Å². The molecular formula is C20H19NO4. The van der Waals surface area contributed by atoms with E-state index in [4.69, 9.17) is 4.74 Å². The van der Waals surface area contributed by atoms with Crippen LogP contribution in [0.5, 0.6) is 5.75 Å². The van der Waals surface area contributed by atoms with Crippen LogP contribution in [0.25, 0.3) is 10.9 Å². The minimum absolute atomic E-state index is 0.114. The molecule has 0 aliphatic rings. The highest BCUT2D eigenvalue weighted by atomic mass is 16.5. The van der Waals surface area contributed by atoms with Crippen molar-refractivity contribution in [1.82, 2.24) is 4.57 Å². The van der Waals surface area contributed by atoms with Crippen LogP contribution in [0.2, 0.25) is 0 Å². The summed E-state index contributed by atoms with van der Waals surface area (Å²) in [5.41, 5.74) is 1.16. The number of hydrogen-bond donors (Lipinski definition) is 1. The first-order valence-corrected chi connectivity index (χ1v) is 8.22. The number of aromatic nitrogens is 1. The number of unbranched alkanes of at least 4 members (excludes halogenated alkanes) is 1. The van der Waals surface area contributed by atoms with Gasteiger partial charge in [0.05, 0.1) is 17.7 Å². The highest BCUT2D eigenvalue weighted by Gasteiger charge is 2.18. The number of aromatic carboxylic acids is 1. The van der Waals surface area contributed by atoms with E-state index >= 15 is 0 Å². The van der Waals surface area contributed by atoms with Gasteiger partial charge >= 0.3 is 5.97 Å². The van der Waals surface area contributed by atoms with Gasteiger partial charge in [-0.1, -0.05) is 31.5 Å². The molecule has 0 saturated carbocycles. The van der Waals surface area contributed by atoms with E-state index in [0.717, 1.165) is 12.8 Å². The van der Waals surface area contributed by atoms with Crippen molar-refractivity contribution in [2.24, 2.45) is 0 Å². The molecule has 3 aromatic rings. The van der Waals surface area contributed by atoms with Gasteiger partial charge in [0.15, 0.2) is 0 Å². The normalized spacial score (nSPS) is 10.8.